The molecule has 3 rings (SSSR count). The number of aromatic nitrogens is 1. The molecule has 1 N–H and O–H groups in total. The molecular formula is C16H13N3O3S. The van der Waals surface area contributed by atoms with Crippen LogP contribution in [0.25, 0.3) is 16.9 Å². The van der Waals surface area contributed by atoms with Gasteiger partial charge in [0.25, 0.3) is 5.69 Å². The highest BCUT2D eigenvalue weighted by Crippen LogP contribution is 2.26. The number of thiazole rings is 1. The first-order valence-corrected chi connectivity index (χ1v) is 7.62. The third-order valence-corrected chi connectivity index (χ3v) is 4.18. The second-order valence-electron chi connectivity index (χ2n) is 4.76. The molecule has 23 heavy (non-hydrogen) atoms. The molecule has 3 aromatic rings. The number of nitro groups is 1. The van der Waals surface area contributed by atoms with E-state index < -0.39 is 4.92 Å². The van der Waals surface area contributed by atoms with Crippen LogP contribution in [0, 0.1) is 15.5 Å². The zero-order chi connectivity index (χ0) is 16.4. The Bertz CT molecular complexity index is 896. The number of hydrogen-bond donors (Lipinski definition) is 1. The summed E-state index contributed by atoms with van der Waals surface area (Å²) in [7, 11) is 1.61. The van der Waals surface area contributed by atoms with Crippen LogP contribution in [0.4, 0.5) is 5.69 Å². The van der Waals surface area contributed by atoms with Crippen molar-refractivity contribution in [3.8, 4) is 22.7 Å². The summed E-state index contributed by atoms with van der Waals surface area (Å²) in [5.74, 6) is 0.761. The van der Waals surface area contributed by atoms with Crippen molar-refractivity contribution in [1.29, 1.82) is 5.41 Å². The second kappa shape index (κ2) is 6.05. The van der Waals surface area contributed by atoms with E-state index >= 15 is 0 Å². The van der Waals surface area contributed by atoms with Gasteiger partial charge in [-0.3, -0.25) is 20.1 Å². The highest BCUT2D eigenvalue weighted by Gasteiger charge is 2.11. The lowest BCUT2D eigenvalue weighted by atomic mass is 10.1. The fraction of sp³-hybridized carbons (Fsp3) is 0.0625. The molecule has 0 aliphatic rings. The maximum absolute atomic E-state index is 10.8. The molecule has 0 saturated heterocycles. The normalized spacial score (nSPS) is 10.5. The van der Waals surface area contributed by atoms with Crippen LogP contribution in [0.15, 0.2) is 53.9 Å². The van der Waals surface area contributed by atoms with E-state index in [0.717, 1.165) is 17.0 Å². The van der Waals surface area contributed by atoms with Crippen LogP contribution < -0.4 is 9.54 Å². The topological polar surface area (TPSA) is 81.1 Å². The highest BCUT2D eigenvalue weighted by atomic mass is 32.1. The molecule has 0 atom stereocenters. The first kappa shape index (κ1) is 15.0. The summed E-state index contributed by atoms with van der Waals surface area (Å²) in [5, 5.41) is 20.8. The van der Waals surface area contributed by atoms with Gasteiger partial charge in [0.05, 0.1) is 17.7 Å². The average molecular weight is 327 g/mol. The molecule has 0 bridgehead atoms. The van der Waals surface area contributed by atoms with E-state index in [9.17, 15) is 10.1 Å². The molecule has 1 heterocycles. The van der Waals surface area contributed by atoms with Crippen molar-refractivity contribution in [2.75, 3.05) is 7.11 Å². The molecule has 0 aliphatic heterocycles. The molecule has 0 aliphatic carbocycles. The van der Waals surface area contributed by atoms with Crippen LogP contribution in [-0.2, 0) is 0 Å². The van der Waals surface area contributed by atoms with Gasteiger partial charge in [0, 0.05) is 23.2 Å². The Hall–Kier alpha value is -2.93. The van der Waals surface area contributed by atoms with Gasteiger partial charge in [-0.15, -0.1) is 11.3 Å². The predicted octanol–water partition coefficient (Wildman–Crippen LogP) is 3.60. The van der Waals surface area contributed by atoms with E-state index in [4.69, 9.17) is 10.1 Å². The molecular weight excluding hydrogens is 314 g/mol. The highest BCUT2D eigenvalue weighted by molar-refractivity contribution is 7.07. The van der Waals surface area contributed by atoms with Gasteiger partial charge in [0.2, 0.25) is 0 Å². The van der Waals surface area contributed by atoms with Gasteiger partial charge in [-0.1, -0.05) is 0 Å². The van der Waals surface area contributed by atoms with E-state index in [1.54, 1.807) is 23.8 Å². The number of non-ortho nitro benzene ring substituents is 1. The zero-order valence-corrected chi connectivity index (χ0v) is 13.0. The Morgan fingerprint density at radius 2 is 1.78 bits per heavy atom. The summed E-state index contributed by atoms with van der Waals surface area (Å²) >= 11 is 1.31. The van der Waals surface area contributed by atoms with Crippen molar-refractivity contribution in [2.24, 2.45) is 0 Å². The number of ether oxygens (including phenoxy) is 1. The third-order valence-electron chi connectivity index (χ3n) is 3.43. The number of nitro benzene ring substituents is 1. The monoisotopic (exact) mass is 327 g/mol. The number of benzene rings is 2. The van der Waals surface area contributed by atoms with E-state index in [0.29, 0.717) is 10.5 Å². The summed E-state index contributed by atoms with van der Waals surface area (Å²) in [5.41, 5.74) is 2.55. The van der Waals surface area contributed by atoms with Crippen molar-refractivity contribution in [1.82, 2.24) is 4.57 Å². The molecule has 0 radical (unpaired) electrons. The molecule has 0 unspecified atom stereocenters. The van der Waals surface area contributed by atoms with Crippen LogP contribution in [0.3, 0.4) is 0 Å². The molecule has 0 fully saturated rings. The van der Waals surface area contributed by atoms with Gasteiger partial charge >= 0.3 is 0 Å². The van der Waals surface area contributed by atoms with Crippen LogP contribution in [-0.4, -0.2) is 16.6 Å². The van der Waals surface area contributed by atoms with Gasteiger partial charge < -0.3 is 4.74 Å². The van der Waals surface area contributed by atoms with Crippen LogP contribution in [0.2, 0.25) is 0 Å². The predicted molar refractivity (Wildman–Crippen MR) is 88.1 cm³/mol. The van der Waals surface area contributed by atoms with Gasteiger partial charge in [-0.25, -0.2) is 0 Å². The van der Waals surface area contributed by atoms with Crippen molar-refractivity contribution in [2.45, 2.75) is 0 Å². The third kappa shape index (κ3) is 2.86. The summed E-state index contributed by atoms with van der Waals surface area (Å²) in [4.78, 5) is 10.7. The van der Waals surface area contributed by atoms with E-state index in [2.05, 4.69) is 0 Å². The molecule has 7 heteroatoms. The van der Waals surface area contributed by atoms with Crippen molar-refractivity contribution >= 4 is 17.0 Å². The van der Waals surface area contributed by atoms with E-state index in [1.165, 1.54) is 23.5 Å². The van der Waals surface area contributed by atoms with Crippen molar-refractivity contribution < 1.29 is 9.66 Å². The first-order chi connectivity index (χ1) is 11.1. The molecule has 2 aromatic carbocycles. The lowest BCUT2D eigenvalue weighted by molar-refractivity contribution is -0.384. The van der Waals surface area contributed by atoms with Gasteiger partial charge in [0.1, 0.15) is 5.75 Å². The van der Waals surface area contributed by atoms with Gasteiger partial charge in [0.15, 0.2) is 4.80 Å². The average Bonchev–Trinajstić information content (AvgIpc) is 2.96. The molecule has 0 saturated carbocycles. The molecule has 116 valence electrons. The maximum atomic E-state index is 10.8. The van der Waals surface area contributed by atoms with Crippen molar-refractivity contribution in [3.63, 3.8) is 0 Å². The lowest BCUT2D eigenvalue weighted by Gasteiger charge is -2.09. The zero-order valence-electron chi connectivity index (χ0n) is 12.2. The molecule has 0 spiro atoms. The summed E-state index contributed by atoms with van der Waals surface area (Å²) in [6, 6.07) is 13.7. The number of nitrogens with one attached hydrogen (secondary N) is 1. The van der Waals surface area contributed by atoms with Crippen LogP contribution in [0.1, 0.15) is 0 Å². The smallest absolute Gasteiger partial charge is 0.269 e. The minimum Gasteiger partial charge on any atom is -0.497 e. The maximum Gasteiger partial charge on any atom is 0.269 e. The van der Waals surface area contributed by atoms with Crippen LogP contribution >= 0.6 is 11.3 Å². The molecule has 0 amide bonds. The molecule has 1 aromatic heterocycles. The van der Waals surface area contributed by atoms with Crippen LogP contribution in [0.5, 0.6) is 5.75 Å². The van der Waals surface area contributed by atoms with Crippen molar-refractivity contribution in [3.05, 3.63) is 68.8 Å². The summed E-state index contributed by atoms with van der Waals surface area (Å²) < 4.78 is 6.92. The Morgan fingerprint density at radius 3 is 2.35 bits per heavy atom. The SMILES string of the molecule is COc1ccc(-c2csc(=N)n2-c2ccc([N+](=O)[O-])cc2)cc1. The molecule has 6 nitrogen and oxygen atoms in total. The van der Waals surface area contributed by atoms with Gasteiger partial charge in [-0.05, 0) is 42.0 Å². The Balaban J connectivity index is 2.07. The number of nitrogens with zero attached hydrogens (tertiary/aromatic N) is 2. The minimum atomic E-state index is -0.436. The largest absolute Gasteiger partial charge is 0.497 e. The fourth-order valence-electron chi connectivity index (χ4n) is 2.27. The minimum absolute atomic E-state index is 0.0297. The first-order valence-electron chi connectivity index (χ1n) is 6.74. The fourth-order valence-corrected chi connectivity index (χ4v) is 3.04. The Labute approximate surface area is 135 Å². The number of methoxy groups -OCH3 is 1. The van der Waals surface area contributed by atoms with E-state index in [1.807, 2.05) is 29.6 Å². The van der Waals surface area contributed by atoms with E-state index in [-0.39, 0.29) is 5.69 Å². The Morgan fingerprint density at radius 1 is 1.13 bits per heavy atom. The Kier molecular flexibility index (Phi) is 3.94. The number of hydrogen-bond acceptors (Lipinski definition) is 5. The van der Waals surface area contributed by atoms with Gasteiger partial charge in [-0.2, -0.15) is 0 Å². The lowest BCUT2D eigenvalue weighted by Crippen LogP contribution is -2.12. The number of rotatable bonds is 4. The summed E-state index contributed by atoms with van der Waals surface area (Å²) in [6.07, 6.45) is 0. The standard InChI is InChI=1S/C16H13N3O3S/c1-22-14-8-2-11(3-9-14)15-10-23-16(17)18(15)12-4-6-13(7-5-12)19(20)21/h2-10,17H,1H3. The second-order valence-corrected chi connectivity index (χ2v) is 5.62. The summed E-state index contributed by atoms with van der Waals surface area (Å²) in [6.45, 7) is 0. The quantitative estimate of drug-likeness (QED) is 0.587.